The van der Waals surface area contributed by atoms with Crippen molar-refractivity contribution in [1.29, 1.82) is 0 Å². The predicted molar refractivity (Wildman–Crippen MR) is 57.3 cm³/mol. The minimum Gasteiger partial charge on any atom is -0.391 e. The molecule has 0 amide bonds. The molecule has 1 aliphatic rings. The van der Waals surface area contributed by atoms with Crippen molar-refractivity contribution in [3.05, 3.63) is 34.9 Å². The molecule has 0 unspecified atom stereocenters. The van der Waals surface area contributed by atoms with Crippen LogP contribution in [0.5, 0.6) is 0 Å². The minimum absolute atomic E-state index is 0.421. The molecule has 2 atom stereocenters. The number of alkyl halides is 3. The van der Waals surface area contributed by atoms with Gasteiger partial charge in [-0.2, -0.15) is 13.2 Å². The smallest absolute Gasteiger partial charge is 0.391 e. The third-order valence-electron chi connectivity index (χ3n) is 3.19. The van der Waals surface area contributed by atoms with E-state index in [2.05, 4.69) is 0 Å². The van der Waals surface area contributed by atoms with E-state index in [1.807, 2.05) is 0 Å². The molecule has 1 aromatic carbocycles. The fourth-order valence-electron chi connectivity index (χ4n) is 2.20. The van der Waals surface area contributed by atoms with E-state index in [0.717, 1.165) is 24.1 Å². The number of aliphatic hydroxyl groups is 1. The molecule has 0 saturated heterocycles. The monoisotopic (exact) mass is 245 g/mol. The number of rotatable bonds is 0. The lowest BCUT2D eigenvalue weighted by molar-refractivity contribution is -0.137. The van der Waals surface area contributed by atoms with Crippen molar-refractivity contribution < 1.29 is 18.3 Å². The Balaban J connectivity index is 2.46. The van der Waals surface area contributed by atoms with Crippen LogP contribution >= 0.6 is 0 Å². The van der Waals surface area contributed by atoms with Gasteiger partial charge in [-0.25, -0.2) is 0 Å². The summed E-state index contributed by atoms with van der Waals surface area (Å²) in [6.45, 7) is 0. The van der Waals surface area contributed by atoms with Gasteiger partial charge in [-0.1, -0.05) is 6.07 Å². The van der Waals surface area contributed by atoms with Crippen LogP contribution in [0.25, 0.3) is 0 Å². The van der Waals surface area contributed by atoms with Gasteiger partial charge < -0.3 is 10.8 Å². The molecule has 0 heterocycles. The molecule has 0 aromatic heterocycles. The van der Waals surface area contributed by atoms with Gasteiger partial charge in [-0.15, -0.1) is 0 Å². The van der Waals surface area contributed by atoms with Crippen molar-refractivity contribution in [1.82, 2.24) is 0 Å². The molecule has 0 radical (unpaired) electrons. The molecule has 1 aromatic rings. The zero-order valence-electron chi connectivity index (χ0n) is 9.17. The van der Waals surface area contributed by atoms with Crippen LogP contribution in [0.2, 0.25) is 0 Å². The maximum Gasteiger partial charge on any atom is 0.416 e. The largest absolute Gasteiger partial charge is 0.416 e. The Morgan fingerprint density at radius 3 is 2.65 bits per heavy atom. The maximum atomic E-state index is 12.6. The third-order valence-corrected chi connectivity index (χ3v) is 3.19. The highest BCUT2D eigenvalue weighted by molar-refractivity contribution is 5.37. The average Bonchev–Trinajstić information content (AvgIpc) is 2.39. The van der Waals surface area contributed by atoms with Crippen LogP contribution in [0.1, 0.15) is 35.6 Å². The number of nitrogens with two attached hydrogens (primary N) is 1. The van der Waals surface area contributed by atoms with Crippen LogP contribution < -0.4 is 5.73 Å². The standard InChI is InChI=1S/C12H14F3NO/c13-12(14,15)8-5-4-7-2-1-3-10(17)11(16)9(7)6-8/h4-6,10-11,17H,1-3,16H2/t10-,11-/m0/s1. The molecule has 1 aliphatic carbocycles. The third kappa shape index (κ3) is 2.45. The molecule has 3 N–H and O–H groups in total. The molecule has 0 saturated carbocycles. The van der Waals surface area contributed by atoms with Crippen LogP contribution in [-0.4, -0.2) is 11.2 Å². The van der Waals surface area contributed by atoms with Gasteiger partial charge in [0.2, 0.25) is 0 Å². The second kappa shape index (κ2) is 4.31. The van der Waals surface area contributed by atoms with E-state index in [4.69, 9.17) is 5.73 Å². The van der Waals surface area contributed by atoms with E-state index in [-0.39, 0.29) is 0 Å². The fourth-order valence-corrected chi connectivity index (χ4v) is 2.20. The Bertz CT molecular complexity index is 417. The highest BCUT2D eigenvalue weighted by Gasteiger charge is 2.32. The zero-order valence-corrected chi connectivity index (χ0v) is 9.17. The molecule has 0 spiro atoms. The first-order valence-electron chi connectivity index (χ1n) is 5.53. The molecule has 94 valence electrons. The first-order chi connectivity index (χ1) is 7.89. The normalized spacial score (nSPS) is 25.2. The summed E-state index contributed by atoms with van der Waals surface area (Å²) in [6, 6.07) is 2.88. The van der Waals surface area contributed by atoms with Crippen LogP contribution in [0.4, 0.5) is 13.2 Å². The summed E-state index contributed by atoms with van der Waals surface area (Å²) in [6.07, 6.45) is -3.20. The Labute approximate surface area is 97.2 Å². The number of fused-ring (bicyclic) bond motifs is 1. The molecule has 17 heavy (non-hydrogen) atoms. The van der Waals surface area contributed by atoms with Gasteiger partial charge in [-0.3, -0.25) is 0 Å². The molecule has 2 rings (SSSR count). The van der Waals surface area contributed by atoms with E-state index < -0.39 is 23.9 Å². The summed E-state index contributed by atoms with van der Waals surface area (Å²) >= 11 is 0. The molecule has 0 bridgehead atoms. The molecule has 0 fully saturated rings. The van der Waals surface area contributed by atoms with E-state index in [1.54, 1.807) is 0 Å². The number of benzene rings is 1. The number of halogens is 3. The minimum atomic E-state index is -4.37. The van der Waals surface area contributed by atoms with E-state index >= 15 is 0 Å². The fraction of sp³-hybridized carbons (Fsp3) is 0.500. The van der Waals surface area contributed by atoms with Gasteiger partial charge in [0.15, 0.2) is 0 Å². The molecular formula is C12H14F3NO. The van der Waals surface area contributed by atoms with Gasteiger partial charge in [0.05, 0.1) is 17.7 Å². The molecule has 2 nitrogen and oxygen atoms in total. The summed E-state index contributed by atoms with van der Waals surface area (Å²) in [5.74, 6) is 0. The lowest BCUT2D eigenvalue weighted by Gasteiger charge is -2.19. The van der Waals surface area contributed by atoms with Crippen molar-refractivity contribution in [3.63, 3.8) is 0 Å². The Morgan fingerprint density at radius 2 is 2.00 bits per heavy atom. The summed E-state index contributed by atoms with van der Waals surface area (Å²) in [7, 11) is 0. The quantitative estimate of drug-likeness (QED) is 0.689. The first-order valence-corrected chi connectivity index (χ1v) is 5.53. The Morgan fingerprint density at radius 1 is 1.29 bits per heavy atom. The van der Waals surface area contributed by atoms with E-state index in [9.17, 15) is 18.3 Å². The zero-order chi connectivity index (χ0) is 12.6. The number of aryl methyl sites for hydroxylation is 1. The Kier molecular flexibility index (Phi) is 3.14. The number of hydrogen-bond acceptors (Lipinski definition) is 2. The highest BCUT2D eigenvalue weighted by Crippen LogP contribution is 2.34. The van der Waals surface area contributed by atoms with Gasteiger partial charge in [0.1, 0.15) is 0 Å². The van der Waals surface area contributed by atoms with Crippen molar-refractivity contribution in [3.8, 4) is 0 Å². The van der Waals surface area contributed by atoms with Crippen LogP contribution in [-0.2, 0) is 12.6 Å². The second-order valence-electron chi connectivity index (χ2n) is 4.40. The predicted octanol–water partition coefficient (Wildman–Crippen LogP) is 2.40. The highest BCUT2D eigenvalue weighted by atomic mass is 19.4. The maximum absolute atomic E-state index is 12.6. The lowest BCUT2D eigenvalue weighted by Crippen LogP contribution is -2.25. The van der Waals surface area contributed by atoms with Crippen molar-refractivity contribution >= 4 is 0 Å². The average molecular weight is 245 g/mol. The lowest BCUT2D eigenvalue weighted by atomic mass is 9.96. The van der Waals surface area contributed by atoms with Gasteiger partial charge in [-0.05, 0) is 42.5 Å². The number of aliphatic hydroxyl groups excluding tert-OH is 1. The molecular weight excluding hydrogens is 231 g/mol. The number of hydrogen-bond donors (Lipinski definition) is 2. The Hall–Kier alpha value is -1.07. The van der Waals surface area contributed by atoms with E-state index in [1.165, 1.54) is 6.07 Å². The van der Waals surface area contributed by atoms with E-state index in [0.29, 0.717) is 18.4 Å². The van der Waals surface area contributed by atoms with Crippen LogP contribution in [0, 0.1) is 0 Å². The summed E-state index contributed by atoms with van der Waals surface area (Å²) in [5.41, 5.74) is 6.31. The van der Waals surface area contributed by atoms with Gasteiger partial charge in [0.25, 0.3) is 0 Å². The topological polar surface area (TPSA) is 46.2 Å². The summed E-state index contributed by atoms with van der Waals surface area (Å²) < 4.78 is 37.7. The first kappa shape index (κ1) is 12.4. The molecule has 0 aliphatic heterocycles. The van der Waals surface area contributed by atoms with Crippen molar-refractivity contribution in [2.75, 3.05) is 0 Å². The SMILES string of the molecule is N[C@H]1c2cc(C(F)(F)F)ccc2CCC[C@@H]1O. The molecule has 5 heteroatoms. The van der Waals surface area contributed by atoms with Gasteiger partial charge >= 0.3 is 6.18 Å². The summed E-state index contributed by atoms with van der Waals surface area (Å²) in [5, 5.41) is 9.69. The van der Waals surface area contributed by atoms with Crippen molar-refractivity contribution in [2.24, 2.45) is 5.73 Å². The van der Waals surface area contributed by atoms with Crippen molar-refractivity contribution in [2.45, 2.75) is 37.6 Å². The second-order valence-corrected chi connectivity index (χ2v) is 4.40. The van der Waals surface area contributed by atoms with Crippen LogP contribution in [0.15, 0.2) is 18.2 Å². The summed E-state index contributed by atoms with van der Waals surface area (Å²) in [4.78, 5) is 0. The van der Waals surface area contributed by atoms with Crippen LogP contribution in [0.3, 0.4) is 0 Å². The van der Waals surface area contributed by atoms with Gasteiger partial charge in [0, 0.05) is 0 Å².